The van der Waals surface area contributed by atoms with Crippen LogP contribution in [0.15, 0.2) is 17.3 Å². The highest BCUT2D eigenvalue weighted by Gasteiger charge is 2.15. The number of aryl methyl sites for hydroxylation is 1. The molecule has 0 fully saturated rings. The maximum Gasteiger partial charge on any atom is 0.243 e. The Labute approximate surface area is 107 Å². The number of hydrogen-bond acceptors (Lipinski definition) is 5. The zero-order valence-electron chi connectivity index (χ0n) is 10.5. The van der Waals surface area contributed by atoms with Gasteiger partial charge >= 0.3 is 0 Å². The molecule has 0 spiro atoms. The molecule has 1 aromatic heterocycles. The summed E-state index contributed by atoms with van der Waals surface area (Å²) in [5.74, 6) is 0. The number of nitrogens with zero attached hydrogens (tertiary/aromatic N) is 2. The maximum absolute atomic E-state index is 11.8. The lowest BCUT2D eigenvalue weighted by atomic mass is 10.4. The summed E-state index contributed by atoms with van der Waals surface area (Å²) >= 11 is 0. The van der Waals surface area contributed by atoms with Crippen molar-refractivity contribution in [3.05, 3.63) is 12.4 Å². The first-order chi connectivity index (χ1) is 8.60. The second kappa shape index (κ2) is 7.47. The van der Waals surface area contributed by atoms with Crippen LogP contribution in [0.2, 0.25) is 0 Å². The van der Waals surface area contributed by atoms with Gasteiger partial charge in [0.2, 0.25) is 10.0 Å². The van der Waals surface area contributed by atoms with Crippen LogP contribution in [-0.4, -0.2) is 44.5 Å². The Balaban J connectivity index is 2.53. The monoisotopic (exact) mass is 276 g/mol. The van der Waals surface area contributed by atoms with Gasteiger partial charge in [0.25, 0.3) is 0 Å². The molecule has 3 N–H and O–H groups in total. The largest absolute Gasteiger partial charge is 0.380 e. The van der Waals surface area contributed by atoms with Gasteiger partial charge in [0.05, 0.1) is 12.8 Å². The van der Waals surface area contributed by atoms with Crippen molar-refractivity contribution >= 4 is 10.0 Å². The highest BCUT2D eigenvalue weighted by molar-refractivity contribution is 7.89. The molecule has 1 aromatic rings. The number of nitrogens with two attached hydrogens (primary N) is 1. The number of ether oxygens (including phenoxy) is 1. The van der Waals surface area contributed by atoms with Gasteiger partial charge in [0.1, 0.15) is 4.90 Å². The van der Waals surface area contributed by atoms with E-state index in [-0.39, 0.29) is 11.4 Å². The molecule has 18 heavy (non-hydrogen) atoms. The molecule has 0 radical (unpaired) electrons. The van der Waals surface area contributed by atoms with E-state index in [4.69, 9.17) is 10.5 Å². The molecule has 0 aliphatic carbocycles. The van der Waals surface area contributed by atoms with Crippen molar-refractivity contribution in [2.75, 3.05) is 26.3 Å². The SMILES string of the molecule is CCOCCNS(=O)(=O)c1cnn(CCCN)c1. The first-order valence-electron chi connectivity index (χ1n) is 5.90. The Hall–Kier alpha value is -0.960. The molecule has 0 aliphatic rings. The average molecular weight is 276 g/mol. The van der Waals surface area contributed by atoms with Gasteiger partial charge < -0.3 is 10.5 Å². The highest BCUT2D eigenvalue weighted by Crippen LogP contribution is 2.06. The van der Waals surface area contributed by atoms with Crippen molar-refractivity contribution in [3.63, 3.8) is 0 Å². The fourth-order valence-electron chi connectivity index (χ4n) is 1.33. The van der Waals surface area contributed by atoms with Crippen molar-refractivity contribution in [1.82, 2.24) is 14.5 Å². The minimum Gasteiger partial charge on any atom is -0.380 e. The summed E-state index contributed by atoms with van der Waals surface area (Å²) in [6, 6.07) is 0. The van der Waals surface area contributed by atoms with Crippen LogP contribution in [0.4, 0.5) is 0 Å². The minimum atomic E-state index is -3.49. The summed E-state index contributed by atoms with van der Waals surface area (Å²) < 4.78 is 32.8. The van der Waals surface area contributed by atoms with E-state index in [2.05, 4.69) is 9.82 Å². The molecular formula is C10H20N4O3S. The predicted molar refractivity (Wildman–Crippen MR) is 67.6 cm³/mol. The molecule has 7 nitrogen and oxygen atoms in total. The normalized spacial score (nSPS) is 11.9. The highest BCUT2D eigenvalue weighted by atomic mass is 32.2. The number of aromatic nitrogens is 2. The van der Waals surface area contributed by atoms with Gasteiger partial charge in [-0.3, -0.25) is 4.68 Å². The van der Waals surface area contributed by atoms with E-state index >= 15 is 0 Å². The number of hydrogen-bond donors (Lipinski definition) is 2. The first kappa shape index (κ1) is 15.1. The second-order valence-electron chi connectivity index (χ2n) is 3.68. The molecule has 0 aromatic carbocycles. The third kappa shape index (κ3) is 4.73. The summed E-state index contributed by atoms with van der Waals surface area (Å²) in [6.45, 7) is 4.20. The van der Waals surface area contributed by atoms with Crippen LogP contribution < -0.4 is 10.5 Å². The molecule has 0 bridgehead atoms. The molecule has 1 heterocycles. The predicted octanol–water partition coefficient (Wildman–Crippen LogP) is -0.453. The number of sulfonamides is 1. The van der Waals surface area contributed by atoms with Gasteiger partial charge in [0.15, 0.2) is 0 Å². The van der Waals surface area contributed by atoms with E-state index in [1.807, 2.05) is 6.92 Å². The summed E-state index contributed by atoms with van der Waals surface area (Å²) in [6.07, 6.45) is 3.59. The van der Waals surface area contributed by atoms with Crippen LogP contribution in [0.25, 0.3) is 0 Å². The van der Waals surface area contributed by atoms with E-state index < -0.39 is 10.0 Å². The lowest BCUT2D eigenvalue weighted by molar-refractivity contribution is 0.153. The van der Waals surface area contributed by atoms with Gasteiger partial charge in [-0.25, -0.2) is 13.1 Å². The van der Waals surface area contributed by atoms with Crippen LogP contribution in [0.3, 0.4) is 0 Å². The molecule has 0 amide bonds. The van der Waals surface area contributed by atoms with Crippen LogP contribution in [0.5, 0.6) is 0 Å². The number of nitrogens with one attached hydrogen (secondary N) is 1. The maximum atomic E-state index is 11.8. The Morgan fingerprint density at radius 2 is 2.33 bits per heavy atom. The molecular weight excluding hydrogens is 256 g/mol. The van der Waals surface area contributed by atoms with Crippen LogP contribution in [-0.2, 0) is 21.3 Å². The molecule has 104 valence electrons. The van der Waals surface area contributed by atoms with Crippen LogP contribution in [0.1, 0.15) is 13.3 Å². The van der Waals surface area contributed by atoms with Crippen molar-refractivity contribution < 1.29 is 13.2 Å². The average Bonchev–Trinajstić information content (AvgIpc) is 2.81. The quantitative estimate of drug-likeness (QED) is 0.595. The van der Waals surface area contributed by atoms with E-state index in [1.54, 1.807) is 4.68 Å². The van der Waals surface area contributed by atoms with E-state index in [0.29, 0.717) is 26.3 Å². The third-order valence-electron chi connectivity index (χ3n) is 2.25. The van der Waals surface area contributed by atoms with E-state index in [9.17, 15) is 8.42 Å². The second-order valence-corrected chi connectivity index (χ2v) is 5.44. The Bertz CT molecular complexity index is 444. The molecule has 0 atom stereocenters. The number of rotatable bonds is 9. The zero-order chi connectivity index (χ0) is 13.4. The van der Waals surface area contributed by atoms with E-state index in [1.165, 1.54) is 12.4 Å². The summed E-state index contributed by atoms with van der Waals surface area (Å²) in [5, 5.41) is 3.98. The van der Waals surface area contributed by atoms with Crippen molar-refractivity contribution in [1.29, 1.82) is 0 Å². The van der Waals surface area contributed by atoms with Gasteiger partial charge in [0, 0.05) is 25.9 Å². The van der Waals surface area contributed by atoms with Crippen molar-refractivity contribution in [3.8, 4) is 0 Å². The van der Waals surface area contributed by atoms with Gasteiger partial charge in [-0.2, -0.15) is 5.10 Å². The van der Waals surface area contributed by atoms with Crippen molar-refractivity contribution in [2.24, 2.45) is 5.73 Å². The van der Waals surface area contributed by atoms with Gasteiger partial charge in [-0.1, -0.05) is 0 Å². The van der Waals surface area contributed by atoms with E-state index in [0.717, 1.165) is 6.42 Å². The zero-order valence-corrected chi connectivity index (χ0v) is 11.3. The Kier molecular flexibility index (Phi) is 6.27. The summed E-state index contributed by atoms with van der Waals surface area (Å²) in [7, 11) is -3.49. The third-order valence-corrected chi connectivity index (χ3v) is 3.67. The Morgan fingerprint density at radius 1 is 1.56 bits per heavy atom. The Morgan fingerprint density at radius 3 is 3.00 bits per heavy atom. The van der Waals surface area contributed by atoms with Crippen LogP contribution >= 0.6 is 0 Å². The summed E-state index contributed by atoms with van der Waals surface area (Å²) in [4.78, 5) is 0.163. The molecule has 8 heteroatoms. The van der Waals surface area contributed by atoms with Gasteiger partial charge in [-0.15, -0.1) is 0 Å². The molecule has 0 unspecified atom stereocenters. The first-order valence-corrected chi connectivity index (χ1v) is 7.38. The molecule has 0 saturated heterocycles. The van der Waals surface area contributed by atoms with Crippen LogP contribution in [0, 0.1) is 0 Å². The molecule has 0 aliphatic heterocycles. The summed E-state index contributed by atoms with van der Waals surface area (Å²) in [5.41, 5.74) is 5.38. The standard InChI is InChI=1S/C10H20N4O3S/c1-2-17-7-5-13-18(15,16)10-8-12-14(9-10)6-3-4-11/h8-9,13H,2-7,11H2,1H3. The van der Waals surface area contributed by atoms with Gasteiger partial charge in [-0.05, 0) is 19.9 Å². The molecule has 1 rings (SSSR count). The van der Waals surface area contributed by atoms with Crippen molar-refractivity contribution in [2.45, 2.75) is 24.8 Å². The lowest BCUT2D eigenvalue weighted by Crippen LogP contribution is -2.27. The fourth-order valence-corrected chi connectivity index (χ4v) is 2.30. The molecule has 0 saturated carbocycles. The minimum absolute atomic E-state index is 0.163. The smallest absolute Gasteiger partial charge is 0.243 e. The fraction of sp³-hybridized carbons (Fsp3) is 0.700. The lowest BCUT2D eigenvalue weighted by Gasteiger charge is -2.04. The topological polar surface area (TPSA) is 99.2 Å².